The zero-order chi connectivity index (χ0) is 8.20. The Morgan fingerprint density at radius 1 is 1.36 bits per heavy atom. The molecule has 3 heteroatoms. The molecule has 11 heavy (non-hydrogen) atoms. The number of nitrogens with zero attached hydrogens (tertiary/aromatic N) is 1. The van der Waals surface area contributed by atoms with Gasteiger partial charge in [-0.15, -0.1) is 0 Å². The molecule has 0 heterocycles. The molecule has 0 aromatic carbocycles. The largest absolute Gasteiger partial charge is 0.384 e. The molecule has 0 aliphatic rings. The van der Waals surface area contributed by atoms with Gasteiger partial charge in [0.05, 0.1) is 0 Å². The van der Waals surface area contributed by atoms with E-state index >= 15 is 0 Å². The summed E-state index contributed by atoms with van der Waals surface area (Å²) in [4.78, 5) is 3.97. The van der Waals surface area contributed by atoms with Crippen LogP contribution < -0.4 is 0 Å². The summed E-state index contributed by atoms with van der Waals surface area (Å²) in [6.07, 6.45) is 1.49. The number of rotatable bonds is 3. The van der Waals surface area contributed by atoms with Crippen LogP contribution in [0, 0.1) is 0 Å². The summed E-state index contributed by atoms with van der Waals surface area (Å²) in [5, 5.41) is 9.77. The Morgan fingerprint density at radius 3 is 1.82 bits per heavy atom. The fourth-order valence-electron chi connectivity index (χ4n) is 0.970. The maximum atomic E-state index is 9.77. The summed E-state index contributed by atoms with van der Waals surface area (Å²) in [6.45, 7) is 5.81. The Morgan fingerprint density at radius 2 is 1.73 bits per heavy atom. The van der Waals surface area contributed by atoms with E-state index in [0.717, 1.165) is 18.6 Å². The maximum Gasteiger partial charge on any atom is 0.101 e. The van der Waals surface area contributed by atoms with Gasteiger partial charge in [-0.2, -0.15) is 0 Å². The zero-order valence-corrected chi connectivity index (χ0v) is 10.7. The Labute approximate surface area is 94.4 Å². The van der Waals surface area contributed by atoms with Crippen molar-refractivity contribution < 1.29 is 37.8 Å². The molecule has 0 aromatic rings. The fraction of sp³-hybridized carbons (Fsp3) is 0.875. The van der Waals surface area contributed by atoms with Crippen LogP contribution in [-0.4, -0.2) is 23.5 Å². The minimum atomic E-state index is -0.658. The number of aliphatic imine (C=N–C) groups is 1. The Kier molecular flexibility index (Phi) is 8.14. The number of hydrogen-bond donors (Lipinski definition) is 1. The van der Waals surface area contributed by atoms with Gasteiger partial charge < -0.3 is 5.11 Å². The molecule has 0 bridgehead atoms. The third kappa shape index (κ3) is 3.77. The minimum absolute atomic E-state index is 0. The van der Waals surface area contributed by atoms with Gasteiger partial charge in [-0.3, -0.25) is 4.99 Å². The van der Waals surface area contributed by atoms with Crippen LogP contribution in [0.2, 0.25) is 0 Å². The van der Waals surface area contributed by atoms with Crippen LogP contribution in [0.4, 0.5) is 0 Å². The van der Waals surface area contributed by atoms with Crippen molar-refractivity contribution in [3.8, 4) is 0 Å². The van der Waals surface area contributed by atoms with Crippen LogP contribution in [0.5, 0.6) is 0 Å². The molecule has 0 aliphatic heterocycles. The average Bonchev–Trinajstić information content (AvgIpc) is 2.01. The van der Waals surface area contributed by atoms with Crippen molar-refractivity contribution in [3.05, 3.63) is 0 Å². The molecule has 0 rings (SSSR count). The smallest absolute Gasteiger partial charge is 0.101 e. The van der Waals surface area contributed by atoms with Gasteiger partial charge in [-0.05, 0) is 19.8 Å². The van der Waals surface area contributed by atoms with Crippen LogP contribution >= 0.6 is 0 Å². The molecule has 0 amide bonds. The summed E-state index contributed by atoms with van der Waals surface area (Å²) < 4.78 is 0. The molecule has 1 N–H and O–H groups in total. The summed E-state index contributed by atoms with van der Waals surface area (Å²) in [6, 6.07) is 0. The van der Waals surface area contributed by atoms with Gasteiger partial charge in [0, 0.05) is 45.5 Å². The molecule has 0 unspecified atom stereocenters. The first kappa shape index (κ1) is 14.3. The second kappa shape index (κ2) is 6.27. The van der Waals surface area contributed by atoms with Gasteiger partial charge in [-0.25, -0.2) is 0 Å². The van der Waals surface area contributed by atoms with Crippen LogP contribution in [0.1, 0.15) is 33.6 Å². The third-order valence-electron chi connectivity index (χ3n) is 2.18. The van der Waals surface area contributed by atoms with Gasteiger partial charge >= 0.3 is 0 Å². The monoisotopic (exact) mass is 232 g/mol. The standard InChI is InChI=1S/C8H17NO.Y/c1-5-8(10,6-2)7(3)9-4;/h10H,5-6H2,1-4H3;. The molecule has 0 fully saturated rings. The summed E-state index contributed by atoms with van der Waals surface area (Å²) in [7, 11) is 1.71. The van der Waals surface area contributed by atoms with E-state index in [0.29, 0.717) is 0 Å². The van der Waals surface area contributed by atoms with Crippen molar-refractivity contribution in [2.24, 2.45) is 4.99 Å². The molecule has 0 aliphatic carbocycles. The second-order valence-corrected chi connectivity index (χ2v) is 2.55. The van der Waals surface area contributed by atoms with Gasteiger partial charge in [0.15, 0.2) is 0 Å². The van der Waals surface area contributed by atoms with Crippen LogP contribution in [0.3, 0.4) is 0 Å². The summed E-state index contributed by atoms with van der Waals surface area (Å²) in [5.41, 5.74) is 0.173. The number of hydrogen-bond acceptors (Lipinski definition) is 2. The fourth-order valence-corrected chi connectivity index (χ4v) is 0.970. The van der Waals surface area contributed by atoms with E-state index in [9.17, 15) is 5.11 Å². The second-order valence-electron chi connectivity index (χ2n) is 2.55. The van der Waals surface area contributed by atoms with E-state index in [1.165, 1.54) is 0 Å². The molecule has 0 saturated heterocycles. The molecule has 63 valence electrons. The first-order valence-corrected chi connectivity index (χ1v) is 3.77. The van der Waals surface area contributed by atoms with Crippen molar-refractivity contribution in [1.29, 1.82) is 0 Å². The predicted molar refractivity (Wildman–Crippen MR) is 44.6 cm³/mol. The molecule has 0 spiro atoms. The topological polar surface area (TPSA) is 32.6 Å². The maximum absolute atomic E-state index is 9.77. The van der Waals surface area contributed by atoms with Gasteiger partial charge in [0.1, 0.15) is 5.60 Å². The van der Waals surface area contributed by atoms with Crippen LogP contribution in [0.25, 0.3) is 0 Å². The Bertz CT molecular complexity index is 130. The number of aliphatic hydroxyl groups is 1. The Balaban J connectivity index is 0. The molecule has 0 saturated carbocycles. The predicted octanol–water partition coefficient (Wildman–Crippen LogP) is 1.63. The van der Waals surface area contributed by atoms with Crippen LogP contribution in [-0.2, 0) is 32.7 Å². The van der Waals surface area contributed by atoms with E-state index in [2.05, 4.69) is 4.99 Å². The van der Waals surface area contributed by atoms with Gasteiger partial charge in [0.2, 0.25) is 0 Å². The van der Waals surface area contributed by atoms with E-state index < -0.39 is 5.60 Å². The normalized spacial score (nSPS) is 12.6. The van der Waals surface area contributed by atoms with E-state index in [1.54, 1.807) is 7.05 Å². The van der Waals surface area contributed by atoms with Crippen molar-refractivity contribution in [2.45, 2.75) is 39.2 Å². The molecule has 0 atom stereocenters. The zero-order valence-electron chi connectivity index (χ0n) is 7.89. The molecular formula is C8H17NOY. The van der Waals surface area contributed by atoms with Crippen LogP contribution in [0.15, 0.2) is 4.99 Å². The average molecular weight is 232 g/mol. The molecular weight excluding hydrogens is 215 g/mol. The molecule has 2 nitrogen and oxygen atoms in total. The van der Waals surface area contributed by atoms with Crippen molar-refractivity contribution in [1.82, 2.24) is 0 Å². The first-order chi connectivity index (χ1) is 4.60. The van der Waals surface area contributed by atoms with Crippen molar-refractivity contribution in [3.63, 3.8) is 0 Å². The Hall–Kier alpha value is 0.734. The minimum Gasteiger partial charge on any atom is -0.384 e. The van der Waals surface area contributed by atoms with Gasteiger partial charge in [0.25, 0.3) is 0 Å². The quantitative estimate of drug-likeness (QED) is 0.737. The van der Waals surface area contributed by atoms with Gasteiger partial charge in [-0.1, -0.05) is 13.8 Å². The summed E-state index contributed by atoms with van der Waals surface area (Å²) >= 11 is 0. The van der Waals surface area contributed by atoms with E-state index in [-0.39, 0.29) is 32.7 Å². The molecule has 0 aromatic heterocycles. The van der Waals surface area contributed by atoms with E-state index in [1.807, 2.05) is 20.8 Å². The van der Waals surface area contributed by atoms with Crippen molar-refractivity contribution >= 4 is 5.71 Å². The third-order valence-corrected chi connectivity index (χ3v) is 2.18. The molecule has 1 radical (unpaired) electrons. The summed E-state index contributed by atoms with van der Waals surface area (Å²) in [5.74, 6) is 0. The first-order valence-electron chi connectivity index (χ1n) is 3.77. The van der Waals surface area contributed by atoms with E-state index in [4.69, 9.17) is 0 Å². The van der Waals surface area contributed by atoms with Crippen molar-refractivity contribution in [2.75, 3.05) is 7.05 Å². The SMILES string of the molecule is CCC(O)(CC)C(C)=NC.[Y].